The van der Waals surface area contributed by atoms with Crippen LogP contribution in [-0.2, 0) is 4.79 Å². The van der Waals surface area contributed by atoms with Crippen molar-refractivity contribution in [2.45, 2.75) is 0 Å². The predicted octanol–water partition coefficient (Wildman–Crippen LogP) is 1.62. The molecule has 0 aromatic heterocycles. The van der Waals surface area contributed by atoms with Gasteiger partial charge in [-0.05, 0) is 40.2 Å². The van der Waals surface area contributed by atoms with Gasteiger partial charge in [0.25, 0.3) is 5.91 Å². The smallest absolute Gasteiger partial charge is 0.251 e. The van der Waals surface area contributed by atoms with E-state index in [2.05, 4.69) is 33.1 Å². The first-order valence-electron chi connectivity index (χ1n) is 5.18. The highest BCUT2D eigenvalue weighted by atomic mass is 79.9. The van der Waals surface area contributed by atoms with Gasteiger partial charge >= 0.3 is 0 Å². The summed E-state index contributed by atoms with van der Waals surface area (Å²) in [5.41, 5.74) is 0.346. The van der Waals surface area contributed by atoms with E-state index in [4.69, 9.17) is 0 Å². The maximum Gasteiger partial charge on any atom is 0.251 e. The average Bonchev–Trinajstić information content (AvgIpc) is 2.37. The maximum absolute atomic E-state index is 13.0. The summed E-state index contributed by atoms with van der Waals surface area (Å²) in [5.74, 6) is -1.05. The number of carbonyl (C=O) groups excluding carboxylic acids is 2. The Bertz CT molecular complexity index is 477. The van der Waals surface area contributed by atoms with Crippen molar-refractivity contribution in [1.29, 1.82) is 0 Å². The second-order valence-corrected chi connectivity index (χ2v) is 4.23. The molecule has 6 heteroatoms. The highest BCUT2D eigenvalue weighted by Gasteiger charge is 2.07. The van der Waals surface area contributed by atoms with Crippen molar-refractivity contribution in [2.75, 3.05) is 13.1 Å². The topological polar surface area (TPSA) is 58.2 Å². The van der Waals surface area contributed by atoms with Crippen LogP contribution >= 0.6 is 15.9 Å². The van der Waals surface area contributed by atoms with Crippen LogP contribution in [0.3, 0.4) is 0 Å². The molecule has 18 heavy (non-hydrogen) atoms. The summed E-state index contributed by atoms with van der Waals surface area (Å²) >= 11 is 3.00. The number of hydrogen-bond acceptors (Lipinski definition) is 2. The zero-order chi connectivity index (χ0) is 13.5. The zero-order valence-corrected chi connectivity index (χ0v) is 11.1. The van der Waals surface area contributed by atoms with Gasteiger partial charge in [-0.2, -0.15) is 0 Å². The Morgan fingerprint density at radius 2 is 2.00 bits per heavy atom. The summed E-state index contributed by atoms with van der Waals surface area (Å²) < 4.78 is 13.2. The molecular weight excluding hydrogens is 303 g/mol. The molecule has 0 bridgehead atoms. The summed E-state index contributed by atoms with van der Waals surface area (Å²) in [6.45, 7) is 3.89. The molecule has 0 aliphatic rings. The normalized spacial score (nSPS) is 9.67. The van der Waals surface area contributed by atoms with Crippen LogP contribution in [0.25, 0.3) is 0 Å². The van der Waals surface area contributed by atoms with Crippen LogP contribution in [0.4, 0.5) is 4.39 Å². The van der Waals surface area contributed by atoms with Gasteiger partial charge in [0.2, 0.25) is 5.91 Å². The van der Waals surface area contributed by atoms with E-state index >= 15 is 0 Å². The van der Waals surface area contributed by atoms with Gasteiger partial charge in [-0.15, -0.1) is 0 Å². The third kappa shape index (κ3) is 4.29. The van der Waals surface area contributed by atoms with Gasteiger partial charge in [-0.1, -0.05) is 6.58 Å². The SMILES string of the molecule is C=CC(=O)NCCNC(=O)c1ccc(F)c(Br)c1. The van der Waals surface area contributed by atoms with Gasteiger partial charge in [0.1, 0.15) is 5.82 Å². The molecule has 96 valence electrons. The van der Waals surface area contributed by atoms with Gasteiger partial charge in [-0.3, -0.25) is 9.59 Å². The molecular formula is C12H12BrFN2O2. The molecule has 0 aliphatic carbocycles. The highest BCUT2D eigenvalue weighted by molar-refractivity contribution is 9.10. The van der Waals surface area contributed by atoms with Gasteiger partial charge in [-0.25, -0.2) is 4.39 Å². The first kappa shape index (κ1) is 14.4. The molecule has 1 rings (SSSR count). The Kier molecular flexibility index (Phi) is 5.51. The predicted molar refractivity (Wildman–Crippen MR) is 69.6 cm³/mol. The van der Waals surface area contributed by atoms with E-state index in [1.165, 1.54) is 18.2 Å². The zero-order valence-electron chi connectivity index (χ0n) is 9.50. The summed E-state index contributed by atoms with van der Waals surface area (Å²) in [5, 5.41) is 5.11. The first-order valence-corrected chi connectivity index (χ1v) is 5.97. The molecule has 0 spiro atoms. The van der Waals surface area contributed by atoms with E-state index in [1.54, 1.807) is 0 Å². The Balaban J connectivity index is 2.43. The van der Waals surface area contributed by atoms with Crippen molar-refractivity contribution in [3.8, 4) is 0 Å². The van der Waals surface area contributed by atoms with E-state index in [-0.39, 0.29) is 22.8 Å². The van der Waals surface area contributed by atoms with Gasteiger partial charge in [0.15, 0.2) is 0 Å². The highest BCUT2D eigenvalue weighted by Crippen LogP contribution is 2.16. The minimum absolute atomic E-state index is 0.232. The molecule has 0 unspecified atom stereocenters. The summed E-state index contributed by atoms with van der Waals surface area (Å²) in [4.78, 5) is 22.5. The molecule has 0 heterocycles. The number of carbonyl (C=O) groups is 2. The third-order valence-corrected chi connectivity index (χ3v) is 2.68. The summed E-state index contributed by atoms with van der Waals surface area (Å²) in [7, 11) is 0. The number of benzene rings is 1. The number of nitrogens with one attached hydrogen (secondary N) is 2. The van der Waals surface area contributed by atoms with Crippen molar-refractivity contribution in [2.24, 2.45) is 0 Å². The number of hydrogen-bond donors (Lipinski definition) is 2. The van der Waals surface area contributed by atoms with Crippen LogP contribution in [-0.4, -0.2) is 24.9 Å². The summed E-state index contributed by atoms with van der Waals surface area (Å²) in [6.07, 6.45) is 1.15. The molecule has 0 saturated heterocycles. The molecule has 4 nitrogen and oxygen atoms in total. The average molecular weight is 315 g/mol. The fourth-order valence-electron chi connectivity index (χ4n) is 1.17. The Morgan fingerprint density at radius 1 is 1.33 bits per heavy atom. The van der Waals surface area contributed by atoms with Crippen molar-refractivity contribution in [3.63, 3.8) is 0 Å². The minimum Gasteiger partial charge on any atom is -0.351 e. The van der Waals surface area contributed by atoms with Gasteiger partial charge < -0.3 is 10.6 Å². The number of rotatable bonds is 5. The van der Waals surface area contributed by atoms with Crippen LogP contribution < -0.4 is 10.6 Å². The lowest BCUT2D eigenvalue weighted by Crippen LogP contribution is -2.33. The first-order chi connectivity index (χ1) is 8.54. The molecule has 2 N–H and O–H groups in total. The molecule has 0 atom stereocenters. The van der Waals surface area contributed by atoms with E-state index in [9.17, 15) is 14.0 Å². The Morgan fingerprint density at radius 3 is 2.61 bits per heavy atom. The van der Waals surface area contributed by atoms with E-state index in [1.807, 2.05) is 0 Å². The van der Waals surface area contributed by atoms with Gasteiger partial charge in [0, 0.05) is 18.7 Å². The van der Waals surface area contributed by atoms with E-state index in [0.717, 1.165) is 6.08 Å². The minimum atomic E-state index is -0.426. The second kappa shape index (κ2) is 6.90. The van der Waals surface area contributed by atoms with Crippen molar-refractivity contribution in [1.82, 2.24) is 10.6 Å². The number of halogens is 2. The second-order valence-electron chi connectivity index (χ2n) is 3.38. The lowest BCUT2D eigenvalue weighted by atomic mass is 10.2. The molecule has 1 aromatic carbocycles. The molecule has 0 radical (unpaired) electrons. The van der Waals surface area contributed by atoms with Crippen molar-refractivity contribution < 1.29 is 14.0 Å². The fourth-order valence-corrected chi connectivity index (χ4v) is 1.55. The number of amides is 2. The molecule has 1 aromatic rings. The fraction of sp³-hybridized carbons (Fsp3) is 0.167. The monoisotopic (exact) mass is 314 g/mol. The van der Waals surface area contributed by atoms with Crippen LogP contribution in [0, 0.1) is 5.82 Å². The standard InChI is InChI=1S/C12H12BrFN2O2/c1-2-11(17)15-5-6-16-12(18)8-3-4-10(14)9(13)7-8/h2-4,7H,1,5-6H2,(H,15,17)(H,16,18). The quantitative estimate of drug-likeness (QED) is 0.641. The van der Waals surface area contributed by atoms with Crippen LogP contribution in [0.5, 0.6) is 0 Å². The Labute approximate surface area is 112 Å². The maximum atomic E-state index is 13.0. The third-order valence-electron chi connectivity index (χ3n) is 2.08. The van der Waals surface area contributed by atoms with E-state index in [0.29, 0.717) is 12.1 Å². The van der Waals surface area contributed by atoms with Crippen LogP contribution in [0.1, 0.15) is 10.4 Å². The molecule has 0 aliphatic heterocycles. The summed E-state index contributed by atoms with van der Waals surface area (Å²) in [6, 6.07) is 3.99. The van der Waals surface area contributed by atoms with Gasteiger partial charge in [0.05, 0.1) is 4.47 Å². The van der Waals surface area contributed by atoms with E-state index < -0.39 is 5.82 Å². The molecule has 0 saturated carbocycles. The van der Waals surface area contributed by atoms with Crippen molar-refractivity contribution in [3.05, 3.63) is 46.7 Å². The lowest BCUT2D eigenvalue weighted by molar-refractivity contribution is -0.116. The molecule has 0 fully saturated rings. The van der Waals surface area contributed by atoms with Crippen LogP contribution in [0.2, 0.25) is 0 Å². The van der Waals surface area contributed by atoms with Crippen LogP contribution in [0.15, 0.2) is 35.3 Å². The lowest BCUT2D eigenvalue weighted by Gasteiger charge is -2.06. The Hall–Kier alpha value is -1.69. The van der Waals surface area contributed by atoms with Crippen molar-refractivity contribution >= 4 is 27.7 Å². The molecule has 2 amide bonds. The largest absolute Gasteiger partial charge is 0.351 e.